The van der Waals surface area contributed by atoms with E-state index in [0.717, 1.165) is 77.6 Å². The summed E-state index contributed by atoms with van der Waals surface area (Å²) >= 11 is 0. The van der Waals surface area contributed by atoms with Crippen LogP contribution in [0.3, 0.4) is 0 Å². The Morgan fingerprint density at radius 2 is 0.857 bits per heavy atom. The highest BCUT2D eigenvalue weighted by molar-refractivity contribution is 6.11. The SMILES string of the molecule is c1ccc(-c2nc(-c3ccccc3)nc(-c3ccc(-n4c5ccccc5c5cc(-c6cccc(-c7cccc8c7oc7ccccc78)c6)ccc54)cc3)n2)cc1. The standard InChI is InChI=1S/C51H32N4O/c1-3-13-33(14-4-1)49-52-50(34-15-5-2-6-16-34)54-51(53-49)35-25-28-39(29-26-35)55-45-23-9-7-19-41(45)44-32-37(27-30-46(44)55)36-17-11-18-38(31-36)40-21-12-22-43-42-20-8-10-24-47(42)56-48(40)43/h1-32H. The fraction of sp³-hybridized carbons (Fsp3) is 0. The molecule has 56 heavy (non-hydrogen) atoms. The number of benzene rings is 8. The molecule has 0 radical (unpaired) electrons. The summed E-state index contributed by atoms with van der Waals surface area (Å²) in [5.74, 6) is 1.93. The van der Waals surface area contributed by atoms with Gasteiger partial charge in [0, 0.05) is 49.5 Å². The van der Waals surface area contributed by atoms with Crippen molar-refractivity contribution in [3.63, 3.8) is 0 Å². The Bertz CT molecular complexity index is 3180. The molecule has 3 heterocycles. The average molecular weight is 717 g/mol. The molecule has 262 valence electrons. The van der Waals surface area contributed by atoms with Crippen molar-refractivity contribution in [3.8, 4) is 62.1 Å². The molecule has 0 N–H and O–H groups in total. The summed E-state index contributed by atoms with van der Waals surface area (Å²) in [7, 11) is 0. The van der Waals surface area contributed by atoms with Crippen LogP contribution in [-0.2, 0) is 0 Å². The maximum absolute atomic E-state index is 6.40. The summed E-state index contributed by atoms with van der Waals surface area (Å²) in [6, 6.07) is 67.5. The predicted molar refractivity (Wildman–Crippen MR) is 229 cm³/mol. The van der Waals surface area contributed by atoms with Crippen LogP contribution in [-0.4, -0.2) is 19.5 Å². The van der Waals surface area contributed by atoms with E-state index in [2.05, 4.69) is 126 Å². The minimum atomic E-state index is 0.634. The molecule has 0 unspecified atom stereocenters. The van der Waals surface area contributed by atoms with Crippen molar-refractivity contribution in [2.45, 2.75) is 0 Å². The van der Waals surface area contributed by atoms with E-state index in [0.29, 0.717) is 17.5 Å². The van der Waals surface area contributed by atoms with Gasteiger partial charge in [0.15, 0.2) is 17.5 Å². The van der Waals surface area contributed by atoms with Crippen molar-refractivity contribution < 1.29 is 4.42 Å². The number of para-hydroxylation sites is 3. The van der Waals surface area contributed by atoms with Gasteiger partial charge < -0.3 is 8.98 Å². The zero-order valence-corrected chi connectivity index (χ0v) is 30.2. The van der Waals surface area contributed by atoms with E-state index in [9.17, 15) is 0 Å². The van der Waals surface area contributed by atoms with E-state index in [-0.39, 0.29) is 0 Å². The lowest BCUT2D eigenvalue weighted by molar-refractivity contribution is 0.670. The van der Waals surface area contributed by atoms with E-state index in [1.54, 1.807) is 0 Å². The molecule has 0 saturated heterocycles. The van der Waals surface area contributed by atoms with Crippen LogP contribution < -0.4 is 0 Å². The van der Waals surface area contributed by atoms with Crippen molar-refractivity contribution in [3.05, 3.63) is 194 Å². The Hall–Kier alpha value is -7.63. The first kappa shape index (κ1) is 31.9. The monoisotopic (exact) mass is 716 g/mol. The summed E-state index contributed by atoms with van der Waals surface area (Å²) in [5.41, 5.74) is 12.5. The number of aromatic nitrogens is 4. The highest BCUT2D eigenvalue weighted by atomic mass is 16.3. The molecule has 0 fully saturated rings. The van der Waals surface area contributed by atoms with Crippen LogP contribution in [0.25, 0.3) is 106 Å². The molecule has 0 aliphatic rings. The fourth-order valence-corrected chi connectivity index (χ4v) is 7.97. The van der Waals surface area contributed by atoms with Crippen molar-refractivity contribution in [2.24, 2.45) is 0 Å². The van der Waals surface area contributed by atoms with Gasteiger partial charge in [-0.05, 0) is 71.3 Å². The molecule has 0 aliphatic heterocycles. The zero-order chi connectivity index (χ0) is 37.0. The van der Waals surface area contributed by atoms with Gasteiger partial charge in [0.05, 0.1) is 11.0 Å². The van der Waals surface area contributed by atoms with E-state index in [4.69, 9.17) is 19.4 Å². The van der Waals surface area contributed by atoms with Gasteiger partial charge >= 0.3 is 0 Å². The maximum Gasteiger partial charge on any atom is 0.164 e. The molecular formula is C51H32N4O. The first-order valence-corrected chi connectivity index (χ1v) is 18.8. The van der Waals surface area contributed by atoms with Crippen LogP contribution >= 0.6 is 0 Å². The second-order valence-corrected chi connectivity index (χ2v) is 14.0. The highest BCUT2D eigenvalue weighted by Crippen LogP contribution is 2.39. The van der Waals surface area contributed by atoms with E-state index in [1.807, 2.05) is 72.8 Å². The smallest absolute Gasteiger partial charge is 0.164 e. The minimum Gasteiger partial charge on any atom is -0.455 e. The van der Waals surface area contributed by atoms with Crippen LogP contribution in [0, 0.1) is 0 Å². The number of nitrogens with zero attached hydrogens (tertiary/aromatic N) is 4. The van der Waals surface area contributed by atoms with Crippen molar-refractivity contribution >= 4 is 43.7 Å². The molecule has 11 aromatic rings. The summed E-state index contributed by atoms with van der Waals surface area (Å²) in [5, 5.41) is 4.67. The molecule has 0 bridgehead atoms. The number of furan rings is 1. The van der Waals surface area contributed by atoms with Gasteiger partial charge in [0.1, 0.15) is 11.2 Å². The summed E-state index contributed by atoms with van der Waals surface area (Å²) in [6.07, 6.45) is 0. The third-order valence-corrected chi connectivity index (χ3v) is 10.7. The van der Waals surface area contributed by atoms with Gasteiger partial charge in [-0.3, -0.25) is 0 Å². The molecule has 11 rings (SSSR count). The molecule has 0 amide bonds. The molecule has 3 aromatic heterocycles. The van der Waals surface area contributed by atoms with Gasteiger partial charge in [-0.15, -0.1) is 0 Å². The summed E-state index contributed by atoms with van der Waals surface area (Å²) < 4.78 is 8.74. The van der Waals surface area contributed by atoms with Gasteiger partial charge in [0.2, 0.25) is 0 Å². The molecule has 8 aromatic carbocycles. The second-order valence-electron chi connectivity index (χ2n) is 14.0. The second kappa shape index (κ2) is 13.0. The molecule has 5 heteroatoms. The number of hydrogen-bond donors (Lipinski definition) is 0. The van der Waals surface area contributed by atoms with E-state index in [1.165, 1.54) is 10.8 Å². The maximum atomic E-state index is 6.40. The molecule has 0 spiro atoms. The first-order valence-electron chi connectivity index (χ1n) is 18.8. The Morgan fingerprint density at radius 1 is 0.339 bits per heavy atom. The Kier molecular flexibility index (Phi) is 7.42. The van der Waals surface area contributed by atoms with Crippen LogP contribution in [0.2, 0.25) is 0 Å². The van der Waals surface area contributed by atoms with Crippen LogP contribution in [0.4, 0.5) is 0 Å². The normalized spacial score (nSPS) is 11.6. The third-order valence-electron chi connectivity index (χ3n) is 10.7. The Morgan fingerprint density at radius 3 is 1.59 bits per heavy atom. The lowest BCUT2D eigenvalue weighted by atomic mass is 9.97. The van der Waals surface area contributed by atoms with E-state index >= 15 is 0 Å². The van der Waals surface area contributed by atoms with Crippen LogP contribution in [0.1, 0.15) is 0 Å². The largest absolute Gasteiger partial charge is 0.455 e. The van der Waals surface area contributed by atoms with Crippen molar-refractivity contribution in [1.29, 1.82) is 0 Å². The van der Waals surface area contributed by atoms with Crippen LogP contribution in [0.5, 0.6) is 0 Å². The lowest BCUT2D eigenvalue weighted by Gasteiger charge is -2.11. The topological polar surface area (TPSA) is 56.7 Å². The average Bonchev–Trinajstić information content (AvgIpc) is 3.83. The van der Waals surface area contributed by atoms with Gasteiger partial charge in [-0.2, -0.15) is 0 Å². The molecule has 0 saturated carbocycles. The minimum absolute atomic E-state index is 0.634. The Labute approximate surface area is 322 Å². The molecule has 0 aliphatic carbocycles. The number of rotatable bonds is 6. The number of hydrogen-bond acceptors (Lipinski definition) is 4. The quantitative estimate of drug-likeness (QED) is 0.172. The van der Waals surface area contributed by atoms with E-state index < -0.39 is 0 Å². The van der Waals surface area contributed by atoms with Gasteiger partial charge in [-0.1, -0.05) is 140 Å². The van der Waals surface area contributed by atoms with Gasteiger partial charge in [0.25, 0.3) is 0 Å². The van der Waals surface area contributed by atoms with Gasteiger partial charge in [-0.25, -0.2) is 15.0 Å². The summed E-state index contributed by atoms with van der Waals surface area (Å²) in [6.45, 7) is 0. The molecule has 5 nitrogen and oxygen atoms in total. The third kappa shape index (κ3) is 5.37. The predicted octanol–water partition coefficient (Wildman–Crippen LogP) is 13.2. The highest BCUT2D eigenvalue weighted by Gasteiger charge is 2.17. The first-order chi connectivity index (χ1) is 27.7. The number of fused-ring (bicyclic) bond motifs is 6. The molecular weight excluding hydrogens is 685 g/mol. The molecule has 0 atom stereocenters. The van der Waals surface area contributed by atoms with Crippen molar-refractivity contribution in [2.75, 3.05) is 0 Å². The summed E-state index contributed by atoms with van der Waals surface area (Å²) in [4.78, 5) is 14.8. The Balaban J connectivity index is 0.987. The zero-order valence-electron chi connectivity index (χ0n) is 30.2. The fourth-order valence-electron chi connectivity index (χ4n) is 7.97. The van der Waals surface area contributed by atoms with Crippen molar-refractivity contribution in [1.82, 2.24) is 19.5 Å². The lowest BCUT2D eigenvalue weighted by Crippen LogP contribution is -2.00. The van der Waals surface area contributed by atoms with Crippen LogP contribution in [0.15, 0.2) is 199 Å².